The van der Waals surface area contributed by atoms with Gasteiger partial charge in [-0.2, -0.15) is 5.10 Å². The number of hydrogen-bond donors (Lipinski definition) is 2. The van der Waals surface area contributed by atoms with E-state index in [0.717, 1.165) is 34.8 Å². The van der Waals surface area contributed by atoms with Crippen LogP contribution in [0, 0.1) is 25.7 Å². The minimum Gasteiger partial charge on any atom is -0.486 e. The molecule has 7 nitrogen and oxygen atoms in total. The van der Waals surface area contributed by atoms with Gasteiger partial charge in [-0.05, 0) is 74.4 Å². The number of benzene rings is 1. The number of H-pyrrole nitrogens is 1. The van der Waals surface area contributed by atoms with Crippen molar-refractivity contribution in [2.75, 3.05) is 13.1 Å². The Balaban J connectivity index is 1.24. The fourth-order valence-electron chi connectivity index (χ4n) is 5.04. The van der Waals surface area contributed by atoms with Crippen LogP contribution in [0.15, 0.2) is 48.7 Å². The van der Waals surface area contributed by atoms with Crippen molar-refractivity contribution >= 4 is 5.91 Å². The van der Waals surface area contributed by atoms with Crippen molar-refractivity contribution in [1.29, 1.82) is 0 Å². The van der Waals surface area contributed by atoms with Crippen molar-refractivity contribution in [3.8, 4) is 17.0 Å². The second-order valence-corrected chi connectivity index (χ2v) is 9.01. The molecule has 1 aliphatic carbocycles. The number of aromatic nitrogens is 3. The number of carbonyl (C=O) groups excluding carboxylic acids is 1. The summed E-state index contributed by atoms with van der Waals surface area (Å²) in [5, 5.41) is 17.6. The molecular formula is C25H28N4O3. The lowest BCUT2D eigenvalue weighted by Crippen LogP contribution is -2.42. The number of aromatic amines is 1. The van der Waals surface area contributed by atoms with Gasteiger partial charge in [0.1, 0.15) is 11.9 Å². The van der Waals surface area contributed by atoms with Crippen LogP contribution in [0.1, 0.15) is 34.6 Å². The van der Waals surface area contributed by atoms with Crippen LogP contribution < -0.4 is 4.74 Å². The third-order valence-corrected chi connectivity index (χ3v) is 6.77. The Morgan fingerprint density at radius 1 is 1.06 bits per heavy atom. The van der Waals surface area contributed by atoms with Crippen LogP contribution >= 0.6 is 0 Å². The van der Waals surface area contributed by atoms with Gasteiger partial charge in [-0.3, -0.25) is 14.9 Å². The lowest BCUT2D eigenvalue weighted by Gasteiger charge is -2.35. The van der Waals surface area contributed by atoms with Gasteiger partial charge in [0.25, 0.3) is 5.91 Å². The van der Waals surface area contributed by atoms with Gasteiger partial charge in [0.2, 0.25) is 0 Å². The van der Waals surface area contributed by atoms with Gasteiger partial charge in [0.05, 0.1) is 17.5 Å². The zero-order valence-electron chi connectivity index (χ0n) is 18.4. The quantitative estimate of drug-likeness (QED) is 0.660. The second-order valence-electron chi connectivity index (χ2n) is 9.01. The Bertz CT molecular complexity index is 1100. The van der Waals surface area contributed by atoms with Gasteiger partial charge in [-0.1, -0.05) is 12.1 Å². The molecule has 5 rings (SSSR count). The van der Waals surface area contributed by atoms with Crippen molar-refractivity contribution in [3.05, 3.63) is 65.6 Å². The molecule has 0 spiro atoms. The lowest BCUT2D eigenvalue weighted by atomic mass is 9.78. The summed E-state index contributed by atoms with van der Waals surface area (Å²) in [5.74, 6) is 1.40. The first-order valence-corrected chi connectivity index (χ1v) is 11.2. The second kappa shape index (κ2) is 8.39. The molecule has 2 N–H and O–H groups in total. The van der Waals surface area contributed by atoms with Gasteiger partial charge < -0.3 is 14.7 Å². The Morgan fingerprint density at radius 2 is 1.81 bits per heavy atom. The molecule has 4 atom stereocenters. The van der Waals surface area contributed by atoms with Gasteiger partial charge in [-0.25, -0.2) is 0 Å². The Hall–Kier alpha value is -3.19. The molecule has 1 aliphatic heterocycles. The van der Waals surface area contributed by atoms with Crippen molar-refractivity contribution in [3.63, 3.8) is 0 Å². The molecule has 7 heteroatoms. The number of amides is 1. The van der Waals surface area contributed by atoms with Crippen LogP contribution in [0.4, 0.5) is 0 Å². The molecule has 2 aromatic heterocycles. The largest absolute Gasteiger partial charge is 0.486 e. The highest BCUT2D eigenvalue weighted by atomic mass is 16.5. The molecule has 2 fully saturated rings. The monoisotopic (exact) mass is 432 g/mol. The van der Waals surface area contributed by atoms with E-state index in [-0.39, 0.29) is 12.0 Å². The molecule has 32 heavy (non-hydrogen) atoms. The summed E-state index contributed by atoms with van der Waals surface area (Å²) in [5.41, 5.74) is 4.39. The van der Waals surface area contributed by atoms with E-state index in [2.05, 4.69) is 15.2 Å². The van der Waals surface area contributed by atoms with Gasteiger partial charge in [0.15, 0.2) is 0 Å². The molecule has 1 amide bonds. The third kappa shape index (κ3) is 4.00. The predicted molar refractivity (Wildman–Crippen MR) is 120 cm³/mol. The highest BCUT2D eigenvalue weighted by Crippen LogP contribution is 2.38. The topological polar surface area (TPSA) is 91.3 Å². The summed E-state index contributed by atoms with van der Waals surface area (Å²) >= 11 is 0. The zero-order valence-corrected chi connectivity index (χ0v) is 18.4. The molecule has 0 bridgehead atoms. The zero-order chi connectivity index (χ0) is 22.2. The van der Waals surface area contributed by atoms with Crippen LogP contribution in [-0.4, -0.2) is 56.4 Å². The number of aliphatic hydroxyl groups is 1. The highest BCUT2D eigenvalue weighted by molar-refractivity contribution is 5.94. The molecule has 0 radical (unpaired) electrons. The van der Waals surface area contributed by atoms with Crippen LogP contribution in [0.3, 0.4) is 0 Å². The summed E-state index contributed by atoms with van der Waals surface area (Å²) in [6.07, 6.45) is 2.28. The van der Waals surface area contributed by atoms with Crippen molar-refractivity contribution < 1.29 is 14.6 Å². The molecular weight excluding hydrogens is 404 g/mol. The molecule has 1 saturated heterocycles. The number of pyridine rings is 1. The standard InChI is InChI=1S/C25H28N4O3/c1-15-3-8-23(16(2)27-15)32-24-12-20-14-29(13-19(20)11-22(24)30)25(31)18-6-4-17(5-7-18)21-9-10-26-28-21/h3-10,19-20,22,24,30H,11-14H2,1-2H3,(H,26,28)/t19-,20+,22+,24+/m0/s1. The normalized spacial score (nSPS) is 24.9. The maximum absolute atomic E-state index is 13.1. The maximum atomic E-state index is 13.1. The Morgan fingerprint density at radius 3 is 2.50 bits per heavy atom. The fraction of sp³-hybridized carbons (Fsp3) is 0.400. The predicted octanol–water partition coefficient (Wildman–Crippen LogP) is 3.38. The molecule has 0 unspecified atom stereocenters. The number of nitrogens with zero attached hydrogens (tertiary/aromatic N) is 3. The van der Waals surface area contributed by atoms with Gasteiger partial charge in [-0.15, -0.1) is 0 Å². The van der Waals surface area contributed by atoms with E-state index in [1.165, 1.54) is 0 Å². The van der Waals surface area contributed by atoms with E-state index < -0.39 is 6.10 Å². The van der Waals surface area contributed by atoms with E-state index in [1.807, 2.05) is 61.2 Å². The average molecular weight is 433 g/mol. The molecule has 1 saturated carbocycles. The van der Waals surface area contributed by atoms with E-state index in [4.69, 9.17) is 4.74 Å². The number of hydrogen-bond acceptors (Lipinski definition) is 5. The SMILES string of the molecule is Cc1ccc(O[C@@H]2C[C@@H]3CN(C(=O)c4ccc(-c5ccn[nH]5)cc4)C[C@@H]3C[C@H]2O)c(C)n1. The maximum Gasteiger partial charge on any atom is 0.253 e. The Kier molecular flexibility index (Phi) is 5.43. The third-order valence-electron chi connectivity index (χ3n) is 6.77. The van der Waals surface area contributed by atoms with E-state index in [9.17, 15) is 9.90 Å². The van der Waals surface area contributed by atoms with Crippen LogP contribution in [0.2, 0.25) is 0 Å². The Labute approximate surface area is 187 Å². The molecule has 1 aromatic carbocycles. The first-order valence-electron chi connectivity index (χ1n) is 11.2. The number of fused-ring (bicyclic) bond motifs is 1. The summed E-state index contributed by atoms with van der Waals surface area (Å²) in [6.45, 7) is 5.25. The molecule has 3 aromatic rings. The first-order chi connectivity index (χ1) is 15.5. The number of nitrogens with one attached hydrogen (secondary N) is 1. The number of rotatable bonds is 4. The summed E-state index contributed by atoms with van der Waals surface area (Å²) in [4.78, 5) is 19.5. The molecule has 2 aliphatic rings. The average Bonchev–Trinajstić information content (AvgIpc) is 3.45. The summed E-state index contributed by atoms with van der Waals surface area (Å²) in [6, 6.07) is 13.4. The van der Waals surface area contributed by atoms with Crippen molar-refractivity contribution in [1.82, 2.24) is 20.1 Å². The van der Waals surface area contributed by atoms with Crippen LogP contribution in [-0.2, 0) is 0 Å². The van der Waals surface area contributed by atoms with E-state index >= 15 is 0 Å². The number of ether oxygens (including phenoxy) is 1. The first kappa shape index (κ1) is 20.7. The van der Waals surface area contributed by atoms with Crippen LogP contribution in [0.5, 0.6) is 5.75 Å². The van der Waals surface area contributed by atoms with Crippen molar-refractivity contribution in [2.24, 2.45) is 11.8 Å². The van der Waals surface area contributed by atoms with Crippen LogP contribution in [0.25, 0.3) is 11.3 Å². The number of likely N-dealkylation sites (tertiary alicyclic amines) is 1. The van der Waals surface area contributed by atoms with Gasteiger partial charge >= 0.3 is 0 Å². The van der Waals surface area contributed by atoms with Gasteiger partial charge in [0, 0.05) is 30.5 Å². The minimum atomic E-state index is -0.541. The number of carbonyl (C=O) groups is 1. The smallest absolute Gasteiger partial charge is 0.253 e. The summed E-state index contributed by atoms with van der Waals surface area (Å²) < 4.78 is 6.17. The lowest BCUT2D eigenvalue weighted by molar-refractivity contribution is -0.0236. The molecule has 3 heterocycles. The minimum absolute atomic E-state index is 0.0427. The number of aliphatic hydroxyl groups excluding tert-OH is 1. The summed E-state index contributed by atoms with van der Waals surface area (Å²) in [7, 11) is 0. The number of aryl methyl sites for hydroxylation is 2. The van der Waals surface area contributed by atoms with E-state index in [0.29, 0.717) is 36.9 Å². The molecule has 166 valence electrons. The highest BCUT2D eigenvalue weighted by Gasteiger charge is 2.44. The van der Waals surface area contributed by atoms with Crippen molar-refractivity contribution in [2.45, 2.75) is 38.9 Å². The van der Waals surface area contributed by atoms with E-state index in [1.54, 1.807) is 6.20 Å². The fourth-order valence-corrected chi connectivity index (χ4v) is 5.04.